The summed E-state index contributed by atoms with van der Waals surface area (Å²) in [5.74, 6) is -2.94. The molecule has 1 rings (SSSR count). The summed E-state index contributed by atoms with van der Waals surface area (Å²) in [6.07, 6.45) is 1.55. The molecule has 60 valence electrons. The monoisotopic (exact) mass is 149 g/mol. The van der Waals surface area contributed by atoms with Crippen molar-refractivity contribution in [2.24, 2.45) is 5.92 Å². The third-order valence-electron chi connectivity index (χ3n) is 2.01. The normalized spacial score (nSPS) is 28.5. The van der Waals surface area contributed by atoms with Crippen LogP contribution in [0.25, 0.3) is 0 Å². The molecule has 1 atom stereocenters. The van der Waals surface area contributed by atoms with Gasteiger partial charge in [-0.2, -0.15) is 0 Å². The molecule has 1 aliphatic rings. The molecule has 10 heavy (non-hydrogen) atoms. The Hall–Kier alpha value is -0.180. The Balaban J connectivity index is 2.39. The maximum Gasteiger partial charge on any atom is 0.249 e. The molecule has 0 aromatic carbocycles. The zero-order valence-corrected chi connectivity index (χ0v) is 6.16. The lowest BCUT2D eigenvalue weighted by Gasteiger charge is -2.27. The summed E-state index contributed by atoms with van der Waals surface area (Å²) in [7, 11) is 0. The average molecular weight is 149 g/mol. The van der Waals surface area contributed by atoms with Crippen LogP contribution < -0.4 is 5.32 Å². The lowest BCUT2D eigenvalue weighted by Crippen LogP contribution is -2.38. The zero-order valence-electron chi connectivity index (χ0n) is 6.16. The maximum atomic E-state index is 12.6. The third-order valence-corrected chi connectivity index (χ3v) is 2.01. The van der Waals surface area contributed by atoms with Crippen LogP contribution in [-0.4, -0.2) is 19.0 Å². The Kier molecular flexibility index (Phi) is 2.24. The van der Waals surface area contributed by atoms with Gasteiger partial charge in [-0.05, 0) is 26.3 Å². The van der Waals surface area contributed by atoms with Crippen molar-refractivity contribution in [1.29, 1.82) is 0 Å². The number of halogens is 2. The molecule has 0 aromatic rings. The highest BCUT2D eigenvalue weighted by Crippen LogP contribution is 2.28. The number of rotatable bonds is 1. The van der Waals surface area contributed by atoms with Crippen LogP contribution in [0.1, 0.15) is 19.8 Å². The SMILES string of the molecule is CC(F)(F)[C@H]1CCCNC1. The fourth-order valence-electron chi connectivity index (χ4n) is 1.28. The van der Waals surface area contributed by atoms with Crippen molar-refractivity contribution >= 4 is 0 Å². The van der Waals surface area contributed by atoms with Crippen molar-refractivity contribution in [1.82, 2.24) is 5.32 Å². The highest BCUT2D eigenvalue weighted by molar-refractivity contribution is 4.78. The molecule has 1 heterocycles. The molecule has 3 heteroatoms. The van der Waals surface area contributed by atoms with E-state index < -0.39 is 11.8 Å². The van der Waals surface area contributed by atoms with E-state index in [-0.39, 0.29) is 0 Å². The predicted molar refractivity (Wildman–Crippen MR) is 36.2 cm³/mol. The van der Waals surface area contributed by atoms with Crippen LogP contribution in [-0.2, 0) is 0 Å². The molecule has 0 amide bonds. The molecule has 1 saturated heterocycles. The molecule has 0 aliphatic carbocycles. The molecule has 0 bridgehead atoms. The van der Waals surface area contributed by atoms with E-state index in [9.17, 15) is 8.78 Å². The van der Waals surface area contributed by atoms with E-state index in [0.717, 1.165) is 19.9 Å². The predicted octanol–water partition coefficient (Wildman–Crippen LogP) is 1.64. The van der Waals surface area contributed by atoms with E-state index in [2.05, 4.69) is 5.32 Å². The van der Waals surface area contributed by atoms with E-state index in [1.807, 2.05) is 0 Å². The minimum absolute atomic E-state index is 0.443. The molecular weight excluding hydrogens is 136 g/mol. The van der Waals surface area contributed by atoms with Crippen molar-refractivity contribution in [2.75, 3.05) is 13.1 Å². The summed E-state index contributed by atoms with van der Waals surface area (Å²) in [5.41, 5.74) is 0. The van der Waals surface area contributed by atoms with Gasteiger partial charge < -0.3 is 5.32 Å². The largest absolute Gasteiger partial charge is 0.316 e. The van der Waals surface area contributed by atoms with Crippen LogP contribution in [0.2, 0.25) is 0 Å². The molecular formula is C7H13F2N. The van der Waals surface area contributed by atoms with E-state index >= 15 is 0 Å². The molecule has 0 saturated carbocycles. The standard InChI is InChI=1S/C7H13F2N/c1-7(8,9)6-3-2-4-10-5-6/h6,10H,2-5H2,1H3/t6-/m0/s1. The summed E-state index contributed by atoms with van der Waals surface area (Å²) < 4.78 is 25.1. The van der Waals surface area contributed by atoms with Gasteiger partial charge in [0.15, 0.2) is 0 Å². The number of nitrogens with one attached hydrogen (secondary N) is 1. The van der Waals surface area contributed by atoms with Crippen LogP contribution >= 0.6 is 0 Å². The molecule has 1 N–H and O–H groups in total. The first-order chi connectivity index (χ1) is 4.61. The average Bonchev–Trinajstić information content (AvgIpc) is 1.88. The second kappa shape index (κ2) is 2.82. The number of hydrogen-bond donors (Lipinski definition) is 1. The van der Waals surface area contributed by atoms with Gasteiger partial charge in [0.05, 0.1) is 0 Å². The van der Waals surface area contributed by atoms with Gasteiger partial charge in [0.2, 0.25) is 5.92 Å². The smallest absolute Gasteiger partial charge is 0.249 e. The quantitative estimate of drug-likeness (QED) is 0.597. The lowest BCUT2D eigenvalue weighted by atomic mass is 9.94. The van der Waals surface area contributed by atoms with Gasteiger partial charge in [-0.15, -0.1) is 0 Å². The molecule has 0 spiro atoms. The summed E-state index contributed by atoms with van der Waals surface area (Å²) in [6.45, 7) is 2.38. The van der Waals surface area contributed by atoms with Crippen LogP contribution in [0.15, 0.2) is 0 Å². The fourth-order valence-corrected chi connectivity index (χ4v) is 1.28. The zero-order chi connectivity index (χ0) is 7.61. The third kappa shape index (κ3) is 1.90. The van der Waals surface area contributed by atoms with E-state index in [1.54, 1.807) is 0 Å². The number of hydrogen-bond acceptors (Lipinski definition) is 1. The van der Waals surface area contributed by atoms with Crippen LogP contribution in [0.3, 0.4) is 0 Å². The van der Waals surface area contributed by atoms with Gasteiger partial charge in [-0.1, -0.05) is 0 Å². The van der Waals surface area contributed by atoms with Crippen LogP contribution in [0, 0.1) is 5.92 Å². The van der Waals surface area contributed by atoms with E-state index in [1.165, 1.54) is 0 Å². The summed E-state index contributed by atoms with van der Waals surface area (Å²) in [5, 5.41) is 2.96. The second-order valence-corrected chi connectivity index (χ2v) is 3.00. The van der Waals surface area contributed by atoms with Crippen molar-refractivity contribution in [3.8, 4) is 0 Å². The van der Waals surface area contributed by atoms with Gasteiger partial charge in [-0.25, -0.2) is 8.78 Å². The van der Waals surface area contributed by atoms with Gasteiger partial charge in [-0.3, -0.25) is 0 Å². The first-order valence-electron chi connectivity index (χ1n) is 3.69. The first-order valence-corrected chi connectivity index (χ1v) is 3.69. The molecule has 0 aromatic heterocycles. The van der Waals surface area contributed by atoms with Crippen LogP contribution in [0.4, 0.5) is 8.78 Å². The summed E-state index contributed by atoms with van der Waals surface area (Å²) in [4.78, 5) is 0. The van der Waals surface area contributed by atoms with Crippen molar-refractivity contribution < 1.29 is 8.78 Å². The Morgan fingerprint density at radius 1 is 1.50 bits per heavy atom. The molecule has 0 radical (unpaired) electrons. The Morgan fingerprint density at radius 3 is 2.50 bits per heavy atom. The topological polar surface area (TPSA) is 12.0 Å². The van der Waals surface area contributed by atoms with E-state index in [0.29, 0.717) is 13.0 Å². The lowest BCUT2D eigenvalue weighted by molar-refractivity contribution is -0.0474. The van der Waals surface area contributed by atoms with E-state index in [4.69, 9.17) is 0 Å². The highest BCUT2D eigenvalue weighted by atomic mass is 19.3. The highest BCUT2D eigenvalue weighted by Gasteiger charge is 2.34. The first kappa shape index (κ1) is 7.92. The van der Waals surface area contributed by atoms with Crippen LogP contribution in [0.5, 0.6) is 0 Å². The van der Waals surface area contributed by atoms with Gasteiger partial charge >= 0.3 is 0 Å². The number of piperidine rings is 1. The minimum atomic E-state index is -2.49. The van der Waals surface area contributed by atoms with Crippen molar-refractivity contribution in [3.63, 3.8) is 0 Å². The van der Waals surface area contributed by atoms with Gasteiger partial charge in [0.1, 0.15) is 0 Å². The Bertz CT molecular complexity index is 103. The second-order valence-electron chi connectivity index (χ2n) is 3.00. The van der Waals surface area contributed by atoms with Gasteiger partial charge in [0, 0.05) is 12.5 Å². The van der Waals surface area contributed by atoms with Crippen molar-refractivity contribution in [2.45, 2.75) is 25.7 Å². The summed E-state index contributed by atoms with van der Waals surface area (Å²) in [6, 6.07) is 0. The fraction of sp³-hybridized carbons (Fsp3) is 1.00. The molecule has 0 unspecified atom stereocenters. The molecule has 1 aliphatic heterocycles. The van der Waals surface area contributed by atoms with Crippen molar-refractivity contribution in [3.05, 3.63) is 0 Å². The van der Waals surface area contributed by atoms with Gasteiger partial charge in [0.25, 0.3) is 0 Å². The summed E-state index contributed by atoms with van der Waals surface area (Å²) >= 11 is 0. The molecule has 1 nitrogen and oxygen atoms in total. The minimum Gasteiger partial charge on any atom is -0.316 e. The Labute approximate surface area is 59.8 Å². The Morgan fingerprint density at radius 2 is 2.20 bits per heavy atom. The maximum absolute atomic E-state index is 12.6. The molecule has 1 fully saturated rings. The number of alkyl halides is 2.